The van der Waals surface area contributed by atoms with Gasteiger partial charge in [0.05, 0.1) is 22.4 Å². The second-order valence-corrected chi connectivity index (χ2v) is 7.17. The summed E-state index contributed by atoms with van der Waals surface area (Å²) in [6.07, 6.45) is 0. The van der Waals surface area contributed by atoms with E-state index in [4.69, 9.17) is 9.97 Å². The van der Waals surface area contributed by atoms with E-state index < -0.39 is 0 Å². The Morgan fingerprint density at radius 3 is 1.61 bits per heavy atom. The molecule has 1 N–H and O–H groups in total. The van der Waals surface area contributed by atoms with Crippen molar-refractivity contribution in [3.05, 3.63) is 115 Å². The van der Waals surface area contributed by atoms with Crippen molar-refractivity contribution in [1.82, 2.24) is 9.97 Å². The van der Waals surface area contributed by atoms with Crippen LogP contribution in [-0.2, 0) is 0 Å². The topological polar surface area (TPSA) is 54.9 Å². The first kappa shape index (κ1) is 18.7. The minimum atomic E-state index is -0.148. The number of benzene rings is 4. The number of rotatable bonds is 4. The molecular formula is C27H19N3O. The van der Waals surface area contributed by atoms with E-state index in [-0.39, 0.29) is 5.91 Å². The Kier molecular flexibility index (Phi) is 4.95. The molecule has 0 aliphatic rings. The molecule has 0 aliphatic heterocycles. The number of amides is 1. The minimum Gasteiger partial charge on any atom is -0.322 e. The second kappa shape index (κ2) is 8.20. The number of carbonyl (C=O) groups excluding carboxylic acids is 1. The van der Waals surface area contributed by atoms with E-state index in [2.05, 4.69) is 5.32 Å². The van der Waals surface area contributed by atoms with Crippen molar-refractivity contribution < 1.29 is 4.79 Å². The summed E-state index contributed by atoms with van der Waals surface area (Å²) < 4.78 is 0. The van der Waals surface area contributed by atoms with Gasteiger partial charge >= 0.3 is 0 Å². The van der Waals surface area contributed by atoms with E-state index in [1.807, 2.05) is 109 Å². The number of hydrogen-bond donors (Lipinski definition) is 1. The molecule has 1 aromatic heterocycles. The van der Waals surface area contributed by atoms with E-state index in [1.165, 1.54) is 0 Å². The molecule has 0 spiro atoms. The first-order chi connectivity index (χ1) is 15.3. The zero-order valence-corrected chi connectivity index (χ0v) is 16.7. The van der Waals surface area contributed by atoms with Crippen LogP contribution in [0.3, 0.4) is 0 Å². The summed E-state index contributed by atoms with van der Waals surface area (Å²) in [6, 6.07) is 34.8. The number of carbonyl (C=O) groups is 1. The van der Waals surface area contributed by atoms with Gasteiger partial charge in [0.1, 0.15) is 0 Å². The number of hydrogen-bond acceptors (Lipinski definition) is 3. The molecule has 0 aliphatic carbocycles. The Morgan fingerprint density at radius 1 is 0.548 bits per heavy atom. The van der Waals surface area contributed by atoms with Gasteiger partial charge in [-0.05, 0) is 36.4 Å². The Bertz CT molecular complexity index is 1350. The van der Waals surface area contributed by atoms with E-state index in [0.717, 1.165) is 39.2 Å². The van der Waals surface area contributed by atoms with Gasteiger partial charge in [-0.1, -0.05) is 72.8 Å². The molecule has 1 amide bonds. The smallest absolute Gasteiger partial charge is 0.255 e. The van der Waals surface area contributed by atoms with Gasteiger partial charge in [-0.25, -0.2) is 9.97 Å². The van der Waals surface area contributed by atoms with Crippen LogP contribution in [0.5, 0.6) is 0 Å². The maximum atomic E-state index is 12.6. The van der Waals surface area contributed by atoms with Crippen molar-refractivity contribution in [3.63, 3.8) is 0 Å². The average molecular weight is 401 g/mol. The largest absolute Gasteiger partial charge is 0.322 e. The van der Waals surface area contributed by atoms with Crippen molar-refractivity contribution in [2.45, 2.75) is 0 Å². The fourth-order valence-corrected chi connectivity index (χ4v) is 3.50. The number of para-hydroxylation sites is 3. The molecule has 0 bridgehead atoms. The summed E-state index contributed by atoms with van der Waals surface area (Å²) in [5, 5.41) is 2.91. The van der Waals surface area contributed by atoms with Crippen molar-refractivity contribution >= 4 is 22.6 Å². The number of anilines is 1. The molecule has 5 rings (SSSR count). The predicted molar refractivity (Wildman–Crippen MR) is 125 cm³/mol. The monoisotopic (exact) mass is 401 g/mol. The van der Waals surface area contributed by atoms with E-state index in [0.29, 0.717) is 5.56 Å². The summed E-state index contributed by atoms with van der Waals surface area (Å²) >= 11 is 0. The molecule has 0 saturated carbocycles. The zero-order chi connectivity index (χ0) is 21.0. The summed E-state index contributed by atoms with van der Waals surface area (Å²) in [4.78, 5) is 22.4. The van der Waals surface area contributed by atoms with Crippen LogP contribution < -0.4 is 5.32 Å². The molecule has 0 atom stereocenters. The molecule has 4 heteroatoms. The first-order valence-corrected chi connectivity index (χ1v) is 10.1. The van der Waals surface area contributed by atoms with Gasteiger partial charge < -0.3 is 5.32 Å². The zero-order valence-electron chi connectivity index (χ0n) is 16.7. The van der Waals surface area contributed by atoms with Crippen LogP contribution in [0.15, 0.2) is 109 Å². The number of fused-ring (bicyclic) bond motifs is 1. The number of nitrogens with one attached hydrogen (secondary N) is 1. The molecule has 4 aromatic carbocycles. The third kappa shape index (κ3) is 3.91. The highest BCUT2D eigenvalue weighted by Crippen LogP contribution is 2.31. The van der Waals surface area contributed by atoms with Crippen LogP contribution in [0, 0.1) is 0 Å². The van der Waals surface area contributed by atoms with Gasteiger partial charge in [0.25, 0.3) is 5.91 Å². The standard InChI is InChI=1S/C27H19N3O/c31-27(28-22-11-5-2-6-12-22)21-17-15-20(16-18-21)26-25(19-9-3-1-4-10-19)29-23-13-7-8-14-24(23)30-26/h1-18H,(H,28,31). The molecule has 1 heterocycles. The number of aromatic nitrogens is 2. The fraction of sp³-hybridized carbons (Fsp3) is 0. The van der Waals surface area contributed by atoms with Crippen LogP contribution in [0.1, 0.15) is 10.4 Å². The SMILES string of the molecule is O=C(Nc1ccccc1)c1ccc(-c2nc3ccccc3nc2-c2ccccc2)cc1. The van der Waals surface area contributed by atoms with Crippen LogP contribution in [0.2, 0.25) is 0 Å². The van der Waals surface area contributed by atoms with Crippen molar-refractivity contribution in [3.8, 4) is 22.5 Å². The summed E-state index contributed by atoms with van der Waals surface area (Å²) in [7, 11) is 0. The van der Waals surface area contributed by atoms with Gasteiger partial charge in [-0.2, -0.15) is 0 Å². The molecular weight excluding hydrogens is 382 g/mol. The maximum absolute atomic E-state index is 12.6. The van der Waals surface area contributed by atoms with E-state index in [9.17, 15) is 4.79 Å². The summed E-state index contributed by atoms with van der Waals surface area (Å²) in [5.41, 5.74) is 6.56. The Morgan fingerprint density at radius 2 is 1.03 bits per heavy atom. The Balaban J connectivity index is 1.53. The molecule has 4 nitrogen and oxygen atoms in total. The van der Waals surface area contributed by atoms with Gasteiger partial charge in [-0.3, -0.25) is 4.79 Å². The normalized spacial score (nSPS) is 10.7. The van der Waals surface area contributed by atoms with Crippen LogP contribution >= 0.6 is 0 Å². The molecule has 148 valence electrons. The lowest BCUT2D eigenvalue weighted by molar-refractivity contribution is 0.102. The molecule has 0 radical (unpaired) electrons. The lowest BCUT2D eigenvalue weighted by Gasteiger charge is -2.11. The van der Waals surface area contributed by atoms with Crippen molar-refractivity contribution in [2.75, 3.05) is 5.32 Å². The van der Waals surface area contributed by atoms with Crippen LogP contribution in [0.4, 0.5) is 5.69 Å². The maximum Gasteiger partial charge on any atom is 0.255 e. The lowest BCUT2D eigenvalue weighted by Crippen LogP contribution is -2.11. The molecule has 0 unspecified atom stereocenters. The quantitative estimate of drug-likeness (QED) is 0.389. The molecule has 0 saturated heterocycles. The average Bonchev–Trinajstić information content (AvgIpc) is 2.84. The van der Waals surface area contributed by atoms with Gasteiger partial charge in [0.2, 0.25) is 0 Å². The second-order valence-electron chi connectivity index (χ2n) is 7.17. The van der Waals surface area contributed by atoms with E-state index in [1.54, 1.807) is 0 Å². The summed E-state index contributed by atoms with van der Waals surface area (Å²) in [5.74, 6) is -0.148. The Hall–Kier alpha value is -4.31. The predicted octanol–water partition coefficient (Wildman–Crippen LogP) is 6.22. The van der Waals surface area contributed by atoms with Crippen molar-refractivity contribution in [2.24, 2.45) is 0 Å². The number of nitrogens with zero attached hydrogens (tertiary/aromatic N) is 2. The van der Waals surface area contributed by atoms with Crippen LogP contribution in [-0.4, -0.2) is 15.9 Å². The molecule has 5 aromatic rings. The third-order valence-corrected chi connectivity index (χ3v) is 5.07. The first-order valence-electron chi connectivity index (χ1n) is 10.1. The van der Waals surface area contributed by atoms with Gasteiger partial charge in [-0.15, -0.1) is 0 Å². The highest BCUT2D eigenvalue weighted by Gasteiger charge is 2.14. The lowest BCUT2D eigenvalue weighted by atomic mass is 10.0. The third-order valence-electron chi connectivity index (χ3n) is 5.07. The Labute approximate surface area is 180 Å². The van der Waals surface area contributed by atoms with Crippen molar-refractivity contribution in [1.29, 1.82) is 0 Å². The van der Waals surface area contributed by atoms with Crippen LogP contribution in [0.25, 0.3) is 33.5 Å². The van der Waals surface area contributed by atoms with Gasteiger partial charge in [0, 0.05) is 22.4 Å². The summed E-state index contributed by atoms with van der Waals surface area (Å²) in [6.45, 7) is 0. The van der Waals surface area contributed by atoms with E-state index >= 15 is 0 Å². The highest BCUT2D eigenvalue weighted by molar-refractivity contribution is 6.04. The highest BCUT2D eigenvalue weighted by atomic mass is 16.1. The fourth-order valence-electron chi connectivity index (χ4n) is 3.50. The molecule has 0 fully saturated rings. The minimum absolute atomic E-state index is 0.148. The van der Waals surface area contributed by atoms with Gasteiger partial charge in [0.15, 0.2) is 0 Å². The molecule has 31 heavy (non-hydrogen) atoms.